The van der Waals surface area contributed by atoms with Crippen molar-refractivity contribution >= 4 is 39.7 Å². The molecule has 0 N–H and O–H groups in total. The van der Waals surface area contributed by atoms with Crippen LogP contribution in [-0.4, -0.2) is 41.0 Å². The molecule has 0 amide bonds. The van der Waals surface area contributed by atoms with Crippen LogP contribution < -0.4 is 9.47 Å². The average molecular weight is 503 g/mol. The summed E-state index contributed by atoms with van der Waals surface area (Å²) >= 11 is 11.5. The van der Waals surface area contributed by atoms with Crippen LogP contribution in [0.1, 0.15) is 11.1 Å². The number of methoxy groups -OCH3 is 1. The fraction of sp³-hybridized carbons (Fsp3) is 0.273. The van der Waals surface area contributed by atoms with E-state index in [1.54, 1.807) is 12.1 Å². The van der Waals surface area contributed by atoms with E-state index in [1.807, 2.05) is 0 Å². The third-order valence-corrected chi connectivity index (χ3v) is 5.87. The summed E-state index contributed by atoms with van der Waals surface area (Å²) in [7, 11) is 1.15. The Morgan fingerprint density at radius 2 is 1.88 bits per heavy atom. The fourth-order valence-electron chi connectivity index (χ4n) is 3.45. The Morgan fingerprint density at radius 3 is 2.48 bits per heavy atom. The lowest BCUT2D eigenvalue weighted by Gasteiger charge is -2.40. The molecule has 1 saturated heterocycles. The summed E-state index contributed by atoms with van der Waals surface area (Å²) in [5.41, 5.74) is -0.0708. The molecule has 4 rings (SSSR count). The molecule has 0 bridgehead atoms. The number of alkyl halides is 5. The zero-order valence-electron chi connectivity index (χ0n) is 17.0. The van der Waals surface area contributed by atoms with Crippen LogP contribution in [0, 0.1) is 0 Å². The molecule has 3 aromatic rings. The monoisotopic (exact) mass is 502 g/mol. The minimum Gasteiger partial charge on any atom is -0.496 e. The molecule has 1 aliphatic heterocycles. The first-order valence-corrected chi connectivity index (χ1v) is 10.4. The summed E-state index contributed by atoms with van der Waals surface area (Å²) in [6, 6.07) is 8.26. The van der Waals surface area contributed by atoms with E-state index in [-0.39, 0.29) is 39.6 Å². The number of aromatic nitrogens is 1. The van der Waals surface area contributed by atoms with E-state index in [1.165, 1.54) is 29.3 Å². The normalized spacial score (nSPS) is 15.3. The third-order valence-electron chi connectivity index (χ3n) is 5.12. The summed E-state index contributed by atoms with van der Waals surface area (Å²) in [6.07, 6.45) is -3.02. The highest BCUT2D eigenvalue weighted by Crippen LogP contribution is 2.41. The molecule has 1 fully saturated rings. The first kappa shape index (κ1) is 23.4. The number of nitrogens with zero attached hydrogens (tertiary/aromatic N) is 2. The fourth-order valence-corrected chi connectivity index (χ4v) is 3.97. The highest BCUT2D eigenvalue weighted by Gasteiger charge is 2.44. The number of hydrogen-bond acceptors (Lipinski definition) is 4. The topological polar surface area (TPSA) is 34.6 Å². The highest BCUT2D eigenvalue weighted by molar-refractivity contribution is 7.80. The predicted molar refractivity (Wildman–Crippen MR) is 118 cm³/mol. The number of benzene rings is 2. The van der Waals surface area contributed by atoms with Crippen LogP contribution in [0.25, 0.3) is 10.9 Å². The molecular formula is C22H16ClF5N2O2S. The molecule has 0 atom stereocenters. The molecule has 0 radical (unpaired) electrons. The van der Waals surface area contributed by atoms with Gasteiger partial charge < -0.3 is 14.4 Å². The van der Waals surface area contributed by atoms with Gasteiger partial charge in [0.2, 0.25) is 0 Å². The smallest absolute Gasteiger partial charge is 0.419 e. The van der Waals surface area contributed by atoms with Gasteiger partial charge in [-0.3, -0.25) is 4.98 Å². The van der Waals surface area contributed by atoms with E-state index in [0.29, 0.717) is 10.6 Å². The van der Waals surface area contributed by atoms with E-state index in [0.717, 1.165) is 13.2 Å². The summed E-state index contributed by atoms with van der Waals surface area (Å²) in [5.74, 6) is -2.64. The Kier molecular flexibility index (Phi) is 6.09. The lowest BCUT2D eigenvalue weighted by Crippen LogP contribution is -2.58. The summed E-state index contributed by atoms with van der Waals surface area (Å²) in [4.78, 5) is 5.85. The maximum absolute atomic E-state index is 13.4. The first-order chi connectivity index (χ1) is 15.5. The predicted octanol–water partition coefficient (Wildman–Crippen LogP) is 6.53. The highest BCUT2D eigenvalue weighted by atomic mass is 35.5. The molecular weight excluding hydrogens is 487 g/mol. The Balaban J connectivity index is 1.58. The Bertz CT molecular complexity index is 1230. The molecule has 174 valence electrons. The Morgan fingerprint density at radius 1 is 1.15 bits per heavy atom. The molecule has 2 heterocycles. The number of halogens is 6. The first-order valence-electron chi connectivity index (χ1n) is 9.63. The second-order valence-electron chi connectivity index (χ2n) is 7.51. The summed E-state index contributed by atoms with van der Waals surface area (Å²) in [5, 5.41) is 0.434. The van der Waals surface area contributed by atoms with Crippen molar-refractivity contribution in [2.75, 3.05) is 20.2 Å². The maximum atomic E-state index is 13.4. The van der Waals surface area contributed by atoms with Gasteiger partial charge in [0, 0.05) is 29.1 Å². The molecule has 4 nitrogen and oxygen atoms in total. The van der Waals surface area contributed by atoms with E-state index in [2.05, 4.69) is 4.98 Å². The van der Waals surface area contributed by atoms with E-state index in [4.69, 9.17) is 33.3 Å². The molecule has 1 aliphatic rings. The van der Waals surface area contributed by atoms with Gasteiger partial charge in [-0.1, -0.05) is 29.9 Å². The molecule has 11 heteroatoms. The van der Waals surface area contributed by atoms with Crippen LogP contribution >= 0.6 is 23.8 Å². The van der Waals surface area contributed by atoms with Gasteiger partial charge in [0.25, 0.3) is 5.92 Å². The van der Waals surface area contributed by atoms with E-state index in [9.17, 15) is 22.0 Å². The third kappa shape index (κ3) is 4.96. The standard InChI is InChI=1S/C22H16ClF5N2O2S/c1-31-19-9-17-14(8-15(19)22(26,27)28)18(4-5-29-17)32-13-3-2-12(16(23)7-13)6-20(33)30-10-21(24,25)11-30/h2-5,7-9H,6,10-11H2,1H3. The number of pyridine rings is 1. The van der Waals surface area contributed by atoms with Crippen molar-refractivity contribution in [3.8, 4) is 17.2 Å². The number of rotatable bonds is 5. The zero-order valence-corrected chi connectivity index (χ0v) is 18.6. The number of likely N-dealkylation sites (tertiary alicyclic amines) is 1. The van der Waals surface area contributed by atoms with Crippen molar-refractivity contribution in [3.63, 3.8) is 0 Å². The zero-order chi connectivity index (χ0) is 24.0. The van der Waals surface area contributed by atoms with Gasteiger partial charge in [-0.05, 0) is 29.8 Å². The van der Waals surface area contributed by atoms with Gasteiger partial charge >= 0.3 is 6.18 Å². The molecule has 0 aliphatic carbocycles. The molecule has 0 saturated carbocycles. The number of fused-ring (bicyclic) bond motifs is 1. The van der Waals surface area contributed by atoms with Gasteiger partial charge in [-0.2, -0.15) is 13.2 Å². The van der Waals surface area contributed by atoms with Gasteiger partial charge in [-0.25, -0.2) is 8.78 Å². The number of hydrogen-bond donors (Lipinski definition) is 0. The van der Waals surface area contributed by atoms with Crippen LogP contribution in [0.15, 0.2) is 42.6 Å². The van der Waals surface area contributed by atoms with Crippen LogP contribution in [0.2, 0.25) is 5.02 Å². The molecule has 2 aromatic carbocycles. The van der Waals surface area contributed by atoms with E-state index < -0.39 is 30.8 Å². The lowest BCUT2D eigenvalue weighted by atomic mass is 10.1. The maximum Gasteiger partial charge on any atom is 0.419 e. The van der Waals surface area contributed by atoms with Crippen LogP contribution in [-0.2, 0) is 12.6 Å². The second-order valence-corrected chi connectivity index (χ2v) is 8.39. The summed E-state index contributed by atoms with van der Waals surface area (Å²) in [6.45, 7) is -0.824. The van der Waals surface area contributed by atoms with Gasteiger partial charge in [0.05, 0.1) is 36.3 Å². The van der Waals surface area contributed by atoms with Crippen molar-refractivity contribution in [2.45, 2.75) is 18.5 Å². The number of ether oxygens (including phenoxy) is 2. The molecule has 0 spiro atoms. The van der Waals surface area contributed by atoms with Crippen LogP contribution in [0.3, 0.4) is 0 Å². The van der Waals surface area contributed by atoms with Crippen LogP contribution in [0.5, 0.6) is 17.2 Å². The largest absolute Gasteiger partial charge is 0.496 e. The molecule has 0 unspecified atom stereocenters. The van der Waals surface area contributed by atoms with E-state index >= 15 is 0 Å². The van der Waals surface area contributed by atoms with Crippen molar-refractivity contribution in [1.29, 1.82) is 0 Å². The van der Waals surface area contributed by atoms with Crippen LogP contribution in [0.4, 0.5) is 22.0 Å². The number of thiocarbonyl (C=S) groups is 1. The van der Waals surface area contributed by atoms with Gasteiger partial charge in [0.15, 0.2) is 0 Å². The van der Waals surface area contributed by atoms with Crippen molar-refractivity contribution in [3.05, 3.63) is 58.7 Å². The quantitative estimate of drug-likeness (QED) is 0.293. The SMILES string of the molecule is COc1cc2nccc(Oc3ccc(CC(=S)N4CC(F)(F)C4)c(Cl)c3)c2cc1C(F)(F)F. The van der Waals surface area contributed by atoms with Gasteiger partial charge in [-0.15, -0.1) is 0 Å². The van der Waals surface area contributed by atoms with Gasteiger partial charge in [0.1, 0.15) is 17.2 Å². The average Bonchev–Trinajstić information content (AvgIpc) is 2.72. The van der Waals surface area contributed by atoms with Crippen molar-refractivity contribution in [2.24, 2.45) is 0 Å². The Hall–Kier alpha value is -2.72. The Labute approximate surface area is 195 Å². The molecule has 33 heavy (non-hydrogen) atoms. The lowest BCUT2D eigenvalue weighted by molar-refractivity contribution is -0.138. The summed E-state index contributed by atoms with van der Waals surface area (Å²) < 4.78 is 77.1. The second kappa shape index (κ2) is 8.57. The van der Waals surface area contributed by atoms with Crippen molar-refractivity contribution in [1.82, 2.24) is 9.88 Å². The van der Waals surface area contributed by atoms with Crippen molar-refractivity contribution < 1.29 is 31.4 Å². The molecule has 1 aromatic heterocycles. The minimum atomic E-state index is -4.63. The minimum absolute atomic E-state index is 0.144.